The molecule has 0 spiro atoms. The smallest absolute Gasteiger partial charge is 0.262 e. The van der Waals surface area contributed by atoms with Crippen LogP contribution in [0.1, 0.15) is 23.5 Å². The molecule has 6 nitrogen and oxygen atoms in total. The molecule has 3 heterocycles. The molecule has 7 heteroatoms. The third kappa shape index (κ3) is 2.17. The van der Waals surface area contributed by atoms with Crippen molar-refractivity contribution in [2.45, 2.75) is 26.8 Å². The summed E-state index contributed by atoms with van der Waals surface area (Å²) in [5, 5.41) is 4.45. The molecule has 0 amide bonds. The van der Waals surface area contributed by atoms with Crippen molar-refractivity contribution in [1.82, 2.24) is 19.7 Å². The Morgan fingerprint density at radius 1 is 1.47 bits per heavy atom. The van der Waals surface area contributed by atoms with E-state index in [1.807, 2.05) is 19.9 Å². The predicted molar refractivity (Wildman–Crippen MR) is 71.4 cm³/mol. The summed E-state index contributed by atoms with van der Waals surface area (Å²) in [4.78, 5) is 22.6. The molecule has 3 rings (SSSR count). The molecule has 0 saturated carbocycles. The van der Waals surface area contributed by atoms with Crippen molar-refractivity contribution in [2.24, 2.45) is 0 Å². The molecule has 0 unspecified atom stereocenters. The molecular weight excluding hydrogens is 264 g/mol. The minimum atomic E-state index is -0.0781. The Bertz CT molecular complexity index is 786. The molecule has 0 radical (unpaired) electrons. The summed E-state index contributed by atoms with van der Waals surface area (Å²) in [5.74, 6) is 1.07. The lowest BCUT2D eigenvalue weighted by Crippen LogP contribution is -2.20. The summed E-state index contributed by atoms with van der Waals surface area (Å²) in [6.07, 6.45) is 2.23. The van der Waals surface area contributed by atoms with Crippen LogP contribution in [0, 0.1) is 6.92 Å². The Labute approximate surface area is 112 Å². The van der Waals surface area contributed by atoms with Crippen LogP contribution >= 0.6 is 11.3 Å². The van der Waals surface area contributed by atoms with E-state index in [9.17, 15) is 4.79 Å². The first-order chi connectivity index (χ1) is 9.17. The lowest BCUT2D eigenvalue weighted by Gasteiger charge is -2.00. The maximum absolute atomic E-state index is 12.3. The molecule has 98 valence electrons. The number of nitrogens with zero attached hydrogens (tertiary/aromatic N) is 4. The summed E-state index contributed by atoms with van der Waals surface area (Å²) >= 11 is 1.51. The molecule has 0 bridgehead atoms. The summed E-state index contributed by atoms with van der Waals surface area (Å²) < 4.78 is 6.57. The highest BCUT2D eigenvalue weighted by Gasteiger charge is 2.10. The van der Waals surface area contributed by atoms with Crippen LogP contribution in [0.3, 0.4) is 0 Å². The Kier molecular flexibility index (Phi) is 2.90. The quantitative estimate of drug-likeness (QED) is 0.728. The van der Waals surface area contributed by atoms with E-state index in [1.165, 1.54) is 22.2 Å². The van der Waals surface area contributed by atoms with Crippen molar-refractivity contribution in [3.8, 4) is 0 Å². The minimum absolute atomic E-state index is 0.0781. The molecule has 0 saturated heterocycles. The van der Waals surface area contributed by atoms with E-state index in [-0.39, 0.29) is 12.1 Å². The lowest BCUT2D eigenvalue weighted by molar-refractivity contribution is 0.365. The number of aryl methyl sites for hydroxylation is 2. The van der Waals surface area contributed by atoms with Gasteiger partial charge in [-0.1, -0.05) is 12.1 Å². The second kappa shape index (κ2) is 4.58. The van der Waals surface area contributed by atoms with Gasteiger partial charge in [0.2, 0.25) is 5.89 Å². The number of hydrogen-bond donors (Lipinski definition) is 0. The van der Waals surface area contributed by atoms with Gasteiger partial charge in [0.1, 0.15) is 11.4 Å². The first-order valence-corrected chi connectivity index (χ1v) is 6.76. The van der Waals surface area contributed by atoms with Gasteiger partial charge in [-0.2, -0.15) is 4.98 Å². The first kappa shape index (κ1) is 12.0. The number of thiophene rings is 1. The van der Waals surface area contributed by atoms with E-state index < -0.39 is 0 Å². The van der Waals surface area contributed by atoms with Gasteiger partial charge in [0.15, 0.2) is 5.82 Å². The Morgan fingerprint density at radius 3 is 3.05 bits per heavy atom. The van der Waals surface area contributed by atoms with Crippen LogP contribution in [0.5, 0.6) is 0 Å². The molecule has 0 atom stereocenters. The van der Waals surface area contributed by atoms with E-state index in [1.54, 1.807) is 0 Å². The van der Waals surface area contributed by atoms with Crippen LogP contribution in [0.4, 0.5) is 0 Å². The second-order valence-electron chi connectivity index (χ2n) is 4.21. The SMILES string of the molecule is CCc1noc(Cn2cnc3sc(C)cc3c2=O)n1. The van der Waals surface area contributed by atoms with Gasteiger partial charge in [-0.15, -0.1) is 11.3 Å². The van der Waals surface area contributed by atoms with E-state index in [2.05, 4.69) is 15.1 Å². The zero-order valence-electron chi connectivity index (χ0n) is 10.6. The molecule has 0 N–H and O–H groups in total. The standard InChI is InChI=1S/C12H12N4O2S/c1-3-9-14-10(18-15-9)5-16-6-13-11-8(12(16)17)4-7(2)19-11/h4,6H,3,5H2,1-2H3. The van der Waals surface area contributed by atoms with Crippen LogP contribution in [0.2, 0.25) is 0 Å². The second-order valence-corrected chi connectivity index (χ2v) is 5.45. The normalized spacial score (nSPS) is 11.3. The monoisotopic (exact) mass is 276 g/mol. The van der Waals surface area contributed by atoms with Crippen LogP contribution in [-0.4, -0.2) is 19.7 Å². The lowest BCUT2D eigenvalue weighted by atomic mass is 10.3. The molecule has 19 heavy (non-hydrogen) atoms. The van der Waals surface area contributed by atoms with E-state index >= 15 is 0 Å². The van der Waals surface area contributed by atoms with Gasteiger partial charge >= 0.3 is 0 Å². The van der Waals surface area contributed by atoms with Crippen molar-refractivity contribution in [1.29, 1.82) is 0 Å². The van der Waals surface area contributed by atoms with Gasteiger partial charge in [-0.05, 0) is 13.0 Å². The summed E-state index contributed by atoms with van der Waals surface area (Å²) in [6, 6.07) is 1.86. The first-order valence-electron chi connectivity index (χ1n) is 5.94. The van der Waals surface area contributed by atoms with Gasteiger partial charge < -0.3 is 4.52 Å². The minimum Gasteiger partial charge on any atom is -0.337 e. The van der Waals surface area contributed by atoms with Crippen molar-refractivity contribution < 1.29 is 4.52 Å². The molecule has 0 aliphatic carbocycles. The summed E-state index contributed by atoms with van der Waals surface area (Å²) in [6.45, 7) is 4.16. The topological polar surface area (TPSA) is 73.8 Å². The largest absolute Gasteiger partial charge is 0.337 e. The van der Waals surface area contributed by atoms with E-state index in [0.29, 0.717) is 23.5 Å². The fourth-order valence-electron chi connectivity index (χ4n) is 1.84. The van der Waals surface area contributed by atoms with Crippen molar-refractivity contribution in [3.63, 3.8) is 0 Å². The maximum atomic E-state index is 12.3. The highest BCUT2D eigenvalue weighted by Crippen LogP contribution is 2.19. The predicted octanol–water partition coefficient (Wildman–Crippen LogP) is 1.76. The van der Waals surface area contributed by atoms with E-state index in [0.717, 1.165) is 9.71 Å². The van der Waals surface area contributed by atoms with Crippen LogP contribution in [0.15, 0.2) is 21.7 Å². The third-order valence-electron chi connectivity index (χ3n) is 2.77. The summed E-state index contributed by atoms with van der Waals surface area (Å²) in [5.41, 5.74) is -0.0781. The highest BCUT2D eigenvalue weighted by atomic mass is 32.1. The number of fused-ring (bicyclic) bond motifs is 1. The van der Waals surface area contributed by atoms with Crippen molar-refractivity contribution in [2.75, 3.05) is 0 Å². The van der Waals surface area contributed by atoms with Crippen molar-refractivity contribution in [3.05, 3.63) is 39.3 Å². The number of hydrogen-bond acceptors (Lipinski definition) is 6. The van der Waals surface area contributed by atoms with Crippen molar-refractivity contribution >= 4 is 21.6 Å². The van der Waals surface area contributed by atoms with Gasteiger partial charge in [-0.3, -0.25) is 9.36 Å². The van der Waals surface area contributed by atoms with Gasteiger partial charge in [0.05, 0.1) is 11.7 Å². The molecule has 3 aromatic heterocycles. The van der Waals surface area contributed by atoms with Gasteiger partial charge in [0, 0.05) is 11.3 Å². The molecule has 0 aliphatic rings. The number of aromatic nitrogens is 4. The average Bonchev–Trinajstić information content (AvgIpc) is 2.99. The molecule has 3 aromatic rings. The zero-order valence-corrected chi connectivity index (χ0v) is 11.4. The Hall–Kier alpha value is -2.02. The van der Waals surface area contributed by atoms with Crippen LogP contribution < -0.4 is 5.56 Å². The Balaban J connectivity index is 2.00. The number of rotatable bonds is 3. The third-order valence-corrected chi connectivity index (χ3v) is 3.73. The molecule has 0 fully saturated rings. The summed E-state index contributed by atoms with van der Waals surface area (Å²) in [7, 11) is 0. The van der Waals surface area contributed by atoms with Gasteiger partial charge in [0.25, 0.3) is 5.56 Å². The fourth-order valence-corrected chi connectivity index (χ4v) is 2.67. The molecule has 0 aliphatic heterocycles. The fraction of sp³-hybridized carbons (Fsp3) is 0.333. The molecule has 0 aromatic carbocycles. The Morgan fingerprint density at radius 2 is 2.32 bits per heavy atom. The van der Waals surface area contributed by atoms with Crippen LogP contribution in [-0.2, 0) is 13.0 Å². The maximum Gasteiger partial charge on any atom is 0.262 e. The molecular formula is C12H12N4O2S. The average molecular weight is 276 g/mol. The zero-order chi connectivity index (χ0) is 13.4. The van der Waals surface area contributed by atoms with Crippen LogP contribution in [0.25, 0.3) is 10.2 Å². The van der Waals surface area contributed by atoms with Gasteiger partial charge in [-0.25, -0.2) is 4.98 Å². The highest BCUT2D eigenvalue weighted by molar-refractivity contribution is 7.18. The van der Waals surface area contributed by atoms with E-state index in [4.69, 9.17) is 4.52 Å².